The normalized spacial score (nSPS) is 12.2. The molecule has 1 rings (SSSR count). The van der Waals surface area contributed by atoms with Gasteiger partial charge in [0.15, 0.2) is 0 Å². The van der Waals surface area contributed by atoms with Crippen molar-refractivity contribution in [3.05, 3.63) is 16.1 Å². The number of hydrogen-bond acceptors (Lipinski definition) is 5. The van der Waals surface area contributed by atoms with Crippen molar-refractivity contribution in [3.63, 3.8) is 0 Å². The SMILES string of the molecule is CNCCCCS(=O)(=O)N(C)Cc1csc(C)n1. The van der Waals surface area contributed by atoms with E-state index in [1.165, 1.54) is 4.31 Å². The molecule has 0 aliphatic heterocycles. The Balaban J connectivity index is 2.46. The Morgan fingerprint density at radius 2 is 2.17 bits per heavy atom. The first-order valence-electron chi connectivity index (χ1n) is 5.95. The van der Waals surface area contributed by atoms with Crippen LogP contribution in [0.4, 0.5) is 0 Å². The number of sulfonamides is 1. The second-order valence-corrected chi connectivity index (χ2v) is 7.50. The van der Waals surface area contributed by atoms with Crippen LogP contribution >= 0.6 is 11.3 Å². The third-order valence-corrected chi connectivity index (χ3v) is 5.31. The number of hydrogen-bond donors (Lipinski definition) is 1. The van der Waals surface area contributed by atoms with E-state index < -0.39 is 10.0 Å². The molecule has 0 amide bonds. The van der Waals surface area contributed by atoms with Crippen LogP contribution in [0.2, 0.25) is 0 Å². The van der Waals surface area contributed by atoms with Crippen LogP contribution in [-0.2, 0) is 16.6 Å². The van der Waals surface area contributed by atoms with Crippen molar-refractivity contribution >= 4 is 21.4 Å². The third-order valence-electron chi connectivity index (χ3n) is 2.61. The van der Waals surface area contributed by atoms with Crippen molar-refractivity contribution in [2.75, 3.05) is 26.4 Å². The molecule has 1 aromatic heterocycles. The molecule has 0 aliphatic carbocycles. The lowest BCUT2D eigenvalue weighted by Gasteiger charge is -2.15. The van der Waals surface area contributed by atoms with E-state index in [2.05, 4.69) is 10.3 Å². The summed E-state index contributed by atoms with van der Waals surface area (Å²) in [6.45, 7) is 3.13. The standard InChI is InChI=1S/C11H21N3O2S2/c1-10-13-11(9-17-10)8-14(3)18(15,16)7-5-4-6-12-2/h9,12H,4-8H2,1-3H3. The van der Waals surface area contributed by atoms with Crippen LogP contribution in [0.25, 0.3) is 0 Å². The van der Waals surface area contributed by atoms with Gasteiger partial charge in [0.25, 0.3) is 0 Å². The fourth-order valence-electron chi connectivity index (χ4n) is 1.55. The van der Waals surface area contributed by atoms with Crippen LogP contribution < -0.4 is 5.32 Å². The van der Waals surface area contributed by atoms with E-state index in [1.807, 2.05) is 19.4 Å². The second-order valence-electron chi connectivity index (χ2n) is 4.24. The first-order valence-corrected chi connectivity index (χ1v) is 8.44. The molecule has 0 saturated carbocycles. The maximum atomic E-state index is 12.0. The maximum absolute atomic E-state index is 12.0. The van der Waals surface area contributed by atoms with Crippen molar-refractivity contribution in [3.8, 4) is 0 Å². The Labute approximate surface area is 113 Å². The number of nitrogens with one attached hydrogen (secondary N) is 1. The fourth-order valence-corrected chi connectivity index (χ4v) is 3.36. The number of unbranched alkanes of at least 4 members (excludes halogenated alkanes) is 1. The number of nitrogens with zero attached hydrogens (tertiary/aromatic N) is 2. The van der Waals surface area contributed by atoms with E-state index in [9.17, 15) is 8.42 Å². The molecule has 18 heavy (non-hydrogen) atoms. The van der Waals surface area contributed by atoms with Gasteiger partial charge in [-0.05, 0) is 33.4 Å². The van der Waals surface area contributed by atoms with Gasteiger partial charge in [0.2, 0.25) is 10.0 Å². The molecular formula is C11H21N3O2S2. The highest BCUT2D eigenvalue weighted by molar-refractivity contribution is 7.89. The molecule has 0 fully saturated rings. The Morgan fingerprint density at radius 3 is 2.72 bits per heavy atom. The lowest BCUT2D eigenvalue weighted by molar-refractivity contribution is 0.460. The summed E-state index contributed by atoms with van der Waals surface area (Å²) in [7, 11) is 0.320. The average molecular weight is 291 g/mol. The molecule has 0 unspecified atom stereocenters. The minimum atomic E-state index is -3.16. The molecule has 0 aromatic carbocycles. The summed E-state index contributed by atoms with van der Waals surface area (Å²) < 4.78 is 25.4. The van der Waals surface area contributed by atoms with E-state index >= 15 is 0 Å². The Kier molecular flexibility index (Phi) is 6.20. The zero-order valence-electron chi connectivity index (χ0n) is 11.1. The lowest BCUT2D eigenvalue weighted by atomic mass is 10.3. The Bertz CT molecular complexity index is 457. The maximum Gasteiger partial charge on any atom is 0.214 e. The van der Waals surface area contributed by atoms with Gasteiger partial charge >= 0.3 is 0 Å². The molecule has 1 N–H and O–H groups in total. The molecular weight excluding hydrogens is 270 g/mol. The van der Waals surface area contributed by atoms with E-state index in [0.29, 0.717) is 13.0 Å². The van der Waals surface area contributed by atoms with Crippen molar-refractivity contribution < 1.29 is 8.42 Å². The van der Waals surface area contributed by atoms with Gasteiger partial charge in [-0.1, -0.05) is 0 Å². The van der Waals surface area contributed by atoms with Gasteiger partial charge in [0.1, 0.15) is 0 Å². The highest BCUT2D eigenvalue weighted by Crippen LogP contribution is 2.12. The summed E-state index contributed by atoms with van der Waals surface area (Å²) in [5, 5.41) is 5.88. The van der Waals surface area contributed by atoms with Gasteiger partial charge < -0.3 is 5.32 Å². The highest BCUT2D eigenvalue weighted by atomic mass is 32.2. The zero-order chi connectivity index (χ0) is 13.6. The predicted molar refractivity (Wildman–Crippen MR) is 75.3 cm³/mol. The third kappa shape index (κ3) is 5.01. The second kappa shape index (κ2) is 7.18. The zero-order valence-corrected chi connectivity index (χ0v) is 12.8. The van der Waals surface area contributed by atoms with E-state index in [1.54, 1.807) is 18.4 Å². The van der Waals surface area contributed by atoms with E-state index in [4.69, 9.17) is 0 Å². The first-order chi connectivity index (χ1) is 8.45. The fraction of sp³-hybridized carbons (Fsp3) is 0.727. The molecule has 0 bridgehead atoms. The molecule has 0 saturated heterocycles. The molecule has 104 valence electrons. The van der Waals surface area contributed by atoms with Crippen LogP contribution in [0.5, 0.6) is 0 Å². The lowest BCUT2D eigenvalue weighted by Crippen LogP contribution is -2.29. The summed E-state index contributed by atoms with van der Waals surface area (Å²) >= 11 is 1.54. The number of aromatic nitrogens is 1. The topological polar surface area (TPSA) is 62.3 Å². The van der Waals surface area contributed by atoms with Crippen molar-refractivity contribution in [1.82, 2.24) is 14.6 Å². The van der Waals surface area contributed by atoms with Gasteiger partial charge in [-0.25, -0.2) is 13.4 Å². The summed E-state index contributed by atoms with van der Waals surface area (Å²) in [5.41, 5.74) is 0.818. The van der Waals surface area contributed by atoms with Gasteiger partial charge in [0.05, 0.1) is 23.0 Å². The molecule has 0 radical (unpaired) electrons. The van der Waals surface area contributed by atoms with E-state index in [-0.39, 0.29) is 5.75 Å². The minimum Gasteiger partial charge on any atom is -0.320 e. The summed E-state index contributed by atoms with van der Waals surface area (Å²) in [5.74, 6) is 0.203. The van der Waals surface area contributed by atoms with Crippen LogP contribution in [0, 0.1) is 6.92 Å². The highest BCUT2D eigenvalue weighted by Gasteiger charge is 2.18. The molecule has 5 nitrogen and oxygen atoms in total. The number of aryl methyl sites for hydroxylation is 1. The largest absolute Gasteiger partial charge is 0.320 e. The summed E-state index contributed by atoms with van der Waals surface area (Å²) in [4.78, 5) is 4.28. The molecule has 0 aliphatic rings. The minimum absolute atomic E-state index is 0.203. The van der Waals surface area contributed by atoms with Crippen molar-refractivity contribution in [2.45, 2.75) is 26.3 Å². The Hall–Kier alpha value is -0.500. The molecule has 1 heterocycles. The van der Waals surface area contributed by atoms with Crippen LogP contribution in [0.3, 0.4) is 0 Å². The first kappa shape index (κ1) is 15.6. The molecule has 0 spiro atoms. The van der Waals surface area contributed by atoms with Gasteiger partial charge in [-0.2, -0.15) is 4.31 Å². The van der Waals surface area contributed by atoms with Gasteiger partial charge in [-0.3, -0.25) is 0 Å². The number of thiazole rings is 1. The number of rotatable bonds is 8. The van der Waals surface area contributed by atoms with Crippen LogP contribution in [0.1, 0.15) is 23.5 Å². The smallest absolute Gasteiger partial charge is 0.214 e. The Morgan fingerprint density at radius 1 is 1.44 bits per heavy atom. The molecule has 0 atom stereocenters. The van der Waals surface area contributed by atoms with E-state index in [0.717, 1.165) is 23.7 Å². The molecule has 7 heteroatoms. The van der Waals surface area contributed by atoms with Crippen molar-refractivity contribution in [2.24, 2.45) is 0 Å². The summed E-state index contributed by atoms with van der Waals surface area (Å²) in [6, 6.07) is 0. The van der Waals surface area contributed by atoms with Gasteiger partial charge in [-0.15, -0.1) is 11.3 Å². The molecule has 1 aromatic rings. The van der Waals surface area contributed by atoms with Crippen molar-refractivity contribution in [1.29, 1.82) is 0 Å². The van der Waals surface area contributed by atoms with Crippen LogP contribution in [-0.4, -0.2) is 44.1 Å². The van der Waals surface area contributed by atoms with Crippen LogP contribution in [0.15, 0.2) is 5.38 Å². The monoisotopic (exact) mass is 291 g/mol. The van der Waals surface area contributed by atoms with Gasteiger partial charge in [0, 0.05) is 12.4 Å². The average Bonchev–Trinajstić information content (AvgIpc) is 2.70. The quantitative estimate of drug-likeness (QED) is 0.731. The summed E-state index contributed by atoms with van der Waals surface area (Å²) in [6.07, 6.45) is 1.56. The predicted octanol–water partition coefficient (Wildman–Crippen LogP) is 1.21.